The Labute approximate surface area is 186 Å². The van der Waals surface area contributed by atoms with Gasteiger partial charge in [-0.3, -0.25) is 9.79 Å². The van der Waals surface area contributed by atoms with E-state index in [0.717, 1.165) is 0 Å². The number of carbonyl (C=O) groups is 2. The zero-order valence-electron chi connectivity index (χ0n) is 18.2. The Morgan fingerprint density at radius 1 is 1.22 bits per heavy atom. The number of hydrogen-bond donors (Lipinski definition) is 3. The molecule has 2 atom stereocenters. The molecule has 6 N–H and O–H groups in total. The smallest absolute Gasteiger partial charge is 0.409 e. The lowest BCUT2D eigenvalue weighted by Gasteiger charge is -2.33. The average molecular weight is 451 g/mol. The second-order valence-corrected chi connectivity index (χ2v) is 7.43. The molecule has 2 rings (SSSR count). The summed E-state index contributed by atoms with van der Waals surface area (Å²) in [6.07, 6.45) is 2.39. The van der Waals surface area contributed by atoms with Gasteiger partial charge in [-0.2, -0.15) is 0 Å². The number of primary amides is 1. The molecule has 0 aliphatic carbocycles. The van der Waals surface area contributed by atoms with Crippen molar-refractivity contribution in [1.29, 1.82) is 0 Å². The standard InChI is InChI=1S/C21H31FN6O4/c1-31-10-11-32-21(30)28-8-6-14(7-9-28)18(12-23)26-13-17(20(25)29)19(24)27-16-4-2-15(22)3-5-16/h2-5,13-14,17-18H,6-12,23H2,1H3,(H2,24,27)(H2,25,29). The Bertz CT molecular complexity index is 809. The highest BCUT2D eigenvalue weighted by Crippen LogP contribution is 2.23. The predicted molar refractivity (Wildman–Crippen MR) is 119 cm³/mol. The van der Waals surface area contributed by atoms with E-state index in [-0.39, 0.29) is 37.0 Å². The molecule has 1 saturated heterocycles. The lowest BCUT2D eigenvalue weighted by Crippen LogP contribution is -2.43. The number of halogens is 1. The first-order chi connectivity index (χ1) is 15.3. The zero-order chi connectivity index (χ0) is 23.5. The van der Waals surface area contributed by atoms with Crippen LogP contribution in [0.3, 0.4) is 0 Å². The molecular formula is C21H31FN6O4. The van der Waals surface area contributed by atoms with Crippen molar-refractivity contribution >= 4 is 29.7 Å². The molecule has 2 unspecified atom stereocenters. The van der Waals surface area contributed by atoms with E-state index in [0.29, 0.717) is 38.2 Å². The van der Waals surface area contributed by atoms with Crippen molar-refractivity contribution in [3.63, 3.8) is 0 Å². The van der Waals surface area contributed by atoms with Gasteiger partial charge in [0.2, 0.25) is 5.91 Å². The molecule has 1 aromatic carbocycles. The van der Waals surface area contributed by atoms with Gasteiger partial charge >= 0.3 is 6.09 Å². The summed E-state index contributed by atoms with van der Waals surface area (Å²) in [7, 11) is 1.54. The van der Waals surface area contributed by atoms with Gasteiger partial charge in [-0.25, -0.2) is 14.2 Å². The van der Waals surface area contributed by atoms with Crippen molar-refractivity contribution in [3.8, 4) is 0 Å². The Kier molecular flexibility index (Phi) is 10.0. The summed E-state index contributed by atoms with van der Waals surface area (Å²) in [6, 6.07) is 5.09. The maximum atomic E-state index is 13.1. The highest BCUT2D eigenvalue weighted by Gasteiger charge is 2.29. The highest BCUT2D eigenvalue weighted by atomic mass is 19.1. The molecule has 0 aromatic heterocycles. The Morgan fingerprint density at radius 2 is 1.88 bits per heavy atom. The molecule has 10 nitrogen and oxygen atoms in total. The van der Waals surface area contributed by atoms with Crippen LogP contribution in [-0.2, 0) is 14.3 Å². The predicted octanol–water partition coefficient (Wildman–Crippen LogP) is 0.809. The first kappa shape index (κ1) is 25.2. The quantitative estimate of drug-likeness (QED) is 0.272. The summed E-state index contributed by atoms with van der Waals surface area (Å²) >= 11 is 0. The molecule has 1 fully saturated rings. The number of ether oxygens (including phenoxy) is 2. The summed E-state index contributed by atoms with van der Waals surface area (Å²) in [6.45, 7) is 1.87. The third-order valence-electron chi connectivity index (χ3n) is 5.23. The fraction of sp³-hybridized carbons (Fsp3) is 0.524. The van der Waals surface area contributed by atoms with E-state index < -0.39 is 17.6 Å². The van der Waals surface area contributed by atoms with Crippen LogP contribution in [0.25, 0.3) is 0 Å². The van der Waals surface area contributed by atoms with E-state index in [2.05, 4.69) is 9.98 Å². The lowest BCUT2D eigenvalue weighted by atomic mass is 9.89. The molecule has 32 heavy (non-hydrogen) atoms. The fourth-order valence-corrected chi connectivity index (χ4v) is 3.37. The maximum absolute atomic E-state index is 13.1. The number of methoxy groups -OCH3 is 1. The van der Waals surface area contributed by atoms with Gasteiger partial charge in [0.25, 0.3) is 0 Å². The normalized spacial score (nSPS) is 17.3. The number of benzene rings is 1. The van der Waals surface area contributed by atoms with Crippen LogP contribution in [0.15, 0.2) is 34.3 Å². The van der Waals surface area contributed by atoms with Gasteiger partial charge in [0.05, 0.1) is 18.3 Å². The van der Waals surface area contributed by atoms with Crippen LogP contribution in [0.2, 0.25) is 0 Å². The minimum absolute atomic E-state index is 0.0442. The van der Waals surface area contributed by atoms with E-state index in [1.807, 2.05) is 0 Å². The Morgan fingerprint density at radius 3 is 2.44 bits per heavy atom. The average Bonchev–Trinajstić information content (AvgIpc) is 2.78. The lowest BCUT2D eigenvalue weighted by molar-refractivity contribution is -0.118. The number of rotatable bonds is 10. The maximum Gasteiger partial charge on any atom is 0.409 e. The Hall–Kier alpha value is -3.05. The summed E-state index contributed by atoms with van der Waals surface area (Å²) < 4.78 is 23.1. The van der Waals surface area contributed by atoms with Crippen LogP contribution in [0.4, 0.5) is 14.9 Å². The van der Waals surface area contributed by atoms with E-state index in [4.69, 9.17) is 26.7 Å². The molecule has 11 heteroatoms. The van der Waals surface area contributed by atoms with Crippen LogP contribution in [0.1, 0.15) is 12.8 Å². The van der Waals surface area contributed by atoms with Gasteiger partial charge in [-0.05, 0) is 43.0 Å². The minimum Gasteiger partial charge on any atom is -0.447 e. The van der Waals surface area contributed by atoms with Crippen LogP contribution in [0.5, 0.6) is 0 Å². The van der Waals surface area contributed by atoms with Crippen molar-refractivity contribution in [2.45, 2.75) is 18.9 Å². The van der Waals surface area contributed by atoms with Crippen LogP contribution >= 0.6 is 0 Å². The van der Waals surface area contributed by atoms with E-state index >= 15 is 0 Å². The largest absolute Gasteiger partial charge is 0.447 e. The summed E-state index contributed by atoms with van der Waals surface area (Å²) in [5.41, 5.74) is 17.7. The number of nitrogens with two attached hydrogens (primary N) is 3. The van der Waals surface area contributed by atoms with E-state index in [9.17, 15) is 14.0 Å². The first-order valence-electron chi connectivity index (χ1n) is 10.4. The number of hydrogen-bond acceptors (Lipinski definition) is 7. The van der Waals surface area contributed by atoms with Gasteiger partial charge in [-0.15, -0.1) is 0 Å². The van der Waals surface area contributed by atoms with Crippen molar-refractivity contribution < 1.29 is 23.5 Å². The molecule has 2 amide bonds. The van der Waals surface area contributed by atoms with E-state index in [1.165, 1.54) is 37.6 Å². The van der Waals surface area contributed by atoms with Crippen LogP contribution in [0, 0.1) is 17.7 Å². The molecule has 176 valence electrons. The third-order valence-corrected chi connectivity index (χ3v) is 5.23. The van der Waals surface area contributed by atoms with Gasteiger partial charge in [-0.1, -0.05) is 0 Å². The first-order valence-corrected chi connectivity index (χ1v) is 10.4. The summed E-state index contributed by atoms with van der Waals surface area (Å²) in [4.78, 5) is 34.2. The number of nitrogens with zero attached hydrogens (tertiary/aromatic N) is 3. The van der Waals surface area contributed by atoms with Crippen molar-refractivity contribution in [3.05, 3.63) is 30.1 Å². The number of likely N-dealkylation sites (tertiary alicyclic amines) is 1. The number of amidine groups is 1. The second kappa shape index (κ2) is 12.7. The summed E-state index contributed by atoms with van der Waals surface area (Å²) in [5, 5.41) is 0. The van der Waals surface area contributed by atoms with E-state index in [1.54, 1.807) is 4.90 Å². The topological polar surface area (TPSA) is 159 Å². The monoisotopic (exact) mass is 450 g/mol. The highest BCUT2D eigenvalue weighted by molar-refractivity contribution is 6.14. The van der Waals surface area contributed by atoms with Crippen LogP contribution < -0.4 is 17.2 Å². The number of carbonyl (C=O) groups excluding carboxylic acids is 2. The number of piperidine rings is 1. The molecule has 1 aliphatic heterocycles. The molecule has 0 radical (unpaired) electrons. The van der Waals surface area contributed by atoms with Gasteiger partial charge in [0, 0.05) is 33.0 Å². The third kappa shape index (κ3) is 7.57. The number of amides is 2. The minimum atomic E-state index is -1.02. The molecule has 0 bridgehead atoms. The molecule has 1 aliphatic rings. The molecule has 1 heterocycles. The van der Waals surface area contributed by atoms with Crippen molar-refractivity contribution in [2.24, 2.45) is 39.0 Å². The molecule has 1 aromatic rings. The zero-order valence-corrected chi connectivity index (χ0v) is 18.2. The van der Waals surface area contributed by atoms with Gasteiger partial charge < -0.3 is 31.6 Å². The van der Waals surface area contributed by atoms with Crippen LogP contribution in [-0.4, -0.2) is 75.0 Å². The second-order valence-electron chi connectivity index (χ2n) is 7.43. The van der Waals surface area contributed by atoms with Crippen molar-refractivity contribution in [1.82, 2.24) is 4.90 Å². The Balaban J connectivity index is 1.98. The molecular weight excluding hydrogens is 419 g/mol. The fourth-order valence-electron chi connectivity index (χ4n) is 3.37. The van der Waals surface area contributed by atoms with Gasteiger partial charge in [0.1, 0.15) is 24.2 Å². The SMILES string of the molecule is COCCOC(=O)N1CCC(C(CN)N=CC(C(N)=O)C(N)=Nc2ccc(F)cc2)CC1. The molecule has 0 spiro atoms. The van der Waals surface area contributed by atoms with Crippen molar-refractivity contribution in [2.75, 3.05) is 40.0 Å². The number of aliphatic imine (C=N–C) groups is 2. The summed E-state index contributed by atoms with van der Waals surface area (Å²) in [5.74, 6) is -2.05. The molecule has 0 saturated carbocycles. The van der Waals surface area contributed by atoms with Gasteiger partial charge in [0.15, 0.2) is 0 Å².